The molecule has 0 aliphatic carbocycles. The van der Waals surface area contributed by atoms with Gasteiger partial charge in [0.2, 0.25) is 10.0 Å². The van der Waals surface area contributed by atoms with Gasteiger partial charge in [-0.25, -0.2) is 12.7 Å². The quantitative estimate of drug-likeness (QED) is 0.837. The minimum Gasteiger partial charge on any atom is -0.372 e. The highest BCUT2D eigenvalue weighted by molar-refractivity contribution is 7.88. The van der Waals surface area contributed by atoms with Gasteiger partial charge >= 0.3 is 0 Å². The Morgan fingerprint density at radius 1 is 1.08 bits per heavy atom. The minimum absolute atomic E-state index is 0.0209. The van der Waals surface area contributed by atoms with Crippen LogP contribution in [0.25, 0.3) is 0 Å². The van der Waals surface area contributed by atoms with E-state index in [9.17, 15) is 8.42 Å². The Morgan fingerprint density at radius 2 is 1.75 bits per heavy atom. The molecule has 3 rings (SSSR count). The zero-order chi connectivity index (χ0) is 17.2. The van der Waals surface area contributed by atoms with Crippen molar-refractivity contribution in [1.82, 2.24) is 4.31 Å². The number of fused-ring (bicyclic) bond motifs is 1. The summed E-state index contributed by atoms with van der Waals surface area (Å²) in [4.78, 5) is 0. The summed E-state index contributed by atoms with van der Waals surface area (Å²) in [6.45, 7) is 2.91. The van der Waals surface area contributed by atoms with Gasteiger partial charge in [0.1, 0.15) is 0 Å². The first kappa shape index (κ1) is 17.1. The molecule has 0 saturated heterocycles. The SMILES string of the molecule is Cc1ccc(CS(=O)(=O)N(C)CC2Cc3ccccc3CO2)cc1. The number of sulfonamides is 1. The molecule has 1 atom stereocenters. The van der Waals surface area contributed by atoms with E-state index in [-0.39, 0.29) is 11.9 Å². The average molecular weight is 345 g/mol. The Kier molecular flexibility index (Phi) is 5.04. The van der Waals surface area contributed by atoms with Crippen molar-refractivity contribution in [3.63, 3.8) is 0 Å². The summed E-state index contributed by atoms with van der Waals surface area (Å²) in [6, 6.07) is 15.8. The van der Waals surface area contributed by atoms with Crippen molar-refractivity contribution in [3.8, 4) is 0 Å². The maximum absolute atomic E-state index is 12.6. The van der Waals surface area contributed by atoms with Crippen molar-refractivity contribution in [1.29, 1.82) is 0 Å². The predicted molar refractivity (Wildman–Crippen MR) is 95.2 cm³/mol. The first-order valence-electron chi connectivity index (χ1n) is 8.12. The van der Waals surface area contributed by atoms with Crippen LogP contribution in [-0.2, 0) is 33.5 Å². The number of nitrogens with zero attached hydrogens (tertiary/aromatic N) is 1. The lowest BCUT2D eigenvalue weighted by molar-refractivity contribution is 0.0202. The van der Waals surface area contributed by atoms with Crippen LogP contribution in [0, 0.1) is 6.92 Å². The van der Waals surface area contributed by atoms with Crippen molar-refractivity contribution in [3.05, 3.63) is 70.8 Å². The molecule has 0 N–H and O–H groups in total. The normalized spacial score (nSPS) is 17.7. The molecule has 0 radical (unpaired) electrons. The first-order chi connectivity index (χ1) is 11.4. The van der Waals surface area contributed by atoms with Crippen LogP contribution in [0.1, 0.15) is 22.3 Å². The molecule has 2 aromatic rings. The Hall–Kier alpha value is -1.69. The smallest absolute Gasteiger partial charge is 0.218 e. The summed E-state index contributed by atoms with van der Waals surface area (Å²) < 4.78 is 32.4. The number of ether oxygens (including phenoxy) is 1. The first-order valence-corrected chi connectivity index (χ1v) is 9.73. The van der Waals surface area contributed by atoms with Gasteiger partial charge < -0.3 is 4.74 Å². The molecule has 0 amide bonds. The third-order valence-corrected chi connectivity index (χ3v) is 6.24. The molecule has 0 spiro atoms. The molecule has 4 nitrogen and oxygen atoms in total. The highest BCUT2D eigenvalue weighted by atomic mass is 32.2. The second-order valence-corrected chi connectivity index (χ2v) is 8.50. The van der Waals surface area contributed by atoms with Gasteiger partial charge in [-0.15, -0.1) is 0 Å². The van der Waals surface area contributed by atoms with E-state index in [0.29, 0.717) is 13.2 Å². The summed E-state index contributed by atoms with van der Waals surface area (Å²) in [7, 11) is -1.72. The Bertz CT molecular complexity index is 800. The predicted octanol–water partition coefficient (Wildman–Crippen LogP) is 2.90. The van der Waals surface area contributed by atoms with Crippen molar-refractivity contribution in [2.75, 3.05) is 13.6 Å². The van der Waals surface area contributed by atoms with E-state index >= 15 is 0 Å². The molecule has 0 saturated carbocycles. The number of rotatable bonds is 5. The second-order valence-electron chi connectivity index (χ2n) is 6.43. The van der Waals surface area contributed by atoms with Crippen LogP contribution in [0.5, 0.6) is 0 Å². The average Bonchev–Trinajstić information content (AvgIpc) is 2.56. The Morgan fingerprint density at radius 3 is 2.46 bits per heavy atom. The molecule has 1 heterocycles. The summed E-state index contributed by atoms with van der Waals surface area (Å²) in [5.41, 5.74) is 4.37. The van der Waals surface area contributed by atoms with Gasteiger partial charge in [0.15, 0.2) is 0 Å². The van der Waals surface area contributed by atoms with Crippen molar-refractivity contribution >= 4 is 10.0 Å². The number of likely N-dealkylation sites (N-methyl/N-ethyl adjacent to an activating group) is 1. The molecule has 24 heavy (non-hydrogen) atoms. The maximum Gasteiger partial charge on any atom is 0.218 e. The largest absolute Gasteiger partial charge is 0.372 e. The van der Waals surface area contributed by atoms with Gasteiger partial charge in [-0.3, -0.25) is 0 Å². The standard InChI is InChI=1S/C19H23NO3S/c1-15-7-9-16(10-8-15)14-24(21,22)20(2)12-19-11-17-5-3-4-6-18(17)13-23-19/h3-10,19H,11-14H2,1-2H3. The molecule has 0 aromatic heterocycles. The fraction of sp³-hybridized carbons (Fsp3) is 0.368. The highest BCUT2D eigenvalue weighted by Gasteiger charge is 2.25. The number of hydrogen-bond acceptors (Lipinski definition) is 3. The van der Waals surface area contributed by atoms with Crippen LogP contribution in [0.15, 0.2) is 48.5 Å². The van der Waals surface area contributed by atoms with Crippen molar-refractivity contribution < 1.29 is 13.2 Å². The lowest BCUT2D eigenvalue weighted by atomic mass is 9.99. The van der Waals surface area contributed by atoms with Crippen LogP contribution in [0.3, 0.4) is 0 Å². The van der Waals surface area contributed by atoms with E-state index in [4.69, 9.17) is 4.74 Å². The summed E-state index contributed by atoms with van der Waals surface area (Å²) >= 11 is 0. The van der Waals surface area contributed by atoms with Gasteiger partial charge in [-0.1, -0.05) is 54.1 Å². The Labute approximate surface area is 144 Å². The molecule has 5 heteroatoms. The topological polar surface area (TPSA) is 46.6 Å². The summed E-state index contributed by atoms with van der Waals surface area (Å²) in [6.07, 6.45) is 0.651. The van der Waals surface area contributed by atoms with E-state index in [0.717, 1.165) is 17.5 Å². The van der Waals surface area contributed by atoms with Crippen LogP contribution < -0.4 is 0 Å². The molecule has 0 bridgehead atoms. The van der Waals surface area contributed by atoms with Crippen molar-refractivity contribution in [2.45, 2.75) is 31.8 Å². The number of hydrogen-bond donors (Lipinski definition) is 0. The molecule has 1 aliphatic heterocycles. The van der Waals surface area contributed by atoms with Gasteiger partial charge in [-0.2, -0.15) is 0 Å². The maximum atomic E-state index is 12.6. The summed E-state index contributed by atoms with van der Waals surface area (Å²) in [5, 5.41) is 0. The molecule has 1 aliphatic rings. The monoisotopic (exact) mass is 345 g/mol. The molecular formula is C19H23NO3S. The van der Waals surface area contributed by atoms with E-state index < -0.39 is 10.0 Å². The molecule has 2 aromatic carbocycles. The van der Waals surface area contributed by atoms with Gasteiger partial charge in [0.25, 0.3) is 0 Å². The second kappa shape index (κ2) is 7.05. The zero-order valence-electron chi connectivity index (χ0n) is 14.1. The van der Waals surface area contributed by atoms with Crippen LogP contribution >= 0.6 is 0 Å². The third kappa shape index (κ3) is 4.04. The minimum atomic E-state index is -3.35. The van der Waals surface area contributed by atoms with E-state index in [1.165, 1.54) is 15.4 Å². The molecular weight excluding hydrogens is 322 g/mol. The van der Waals surface area contributed by atoms with Gasteiger partial charge in [0, 0.05) is 20.0 Å². The van der Waals surface area contributed by atoms with E-state index in [1.54, 1.807) is 7.05 Å². The van der Waals surface area contributed by atoms with Crippen LogP contribution in [-0.4, -0.2) is 32.4 Å². The molecule has 1 unspecified atom stereocenters. The Balaban J connectivity index is 1.64. The van der Waals surface area contributed by atoms with Gasteiger partial charge in [-0.05, 0) is 23.6 Å². The summed E-state index contributed by atoms with van der Waals surface area (Å²) in [5.74, 6) is 0.0209. The fourth-order valence-electron chi connectivity index (χ4n) is 2.93. The van der Waals surface area contributed by atoms with E-state index in [1.807, 2.05) is 43.3 Å². The zero-order valence-corrected chi connectivity index (χ0v) is 14.9. The van der Waals surface area contributed by atoms with E-state index in [2.05, 4.69) is 12.1 Å². The lowest BCUT2D eigenvalue weighted by Gasteiger charge is -2.28. The fourth-order valence-corrected chi connectivity index (χ4v) is 4.16. The van der Waals surface area contributed by atoms with Crippen molar-refractivity contribution in [2.24, 2.45) is 0 Å². The number of benzene rings is 2. The molecule has 128 valence electrons. The lowest BCUT2D eigenvalue weighted by Crippen LogP contribution is -2.38. The van der Waals surface area contributed by atoms with Gasteiger partial charge in [0.05, 0.1) is 18.5 Å². The van der Waals surface area contributed by atoms with Crippen LogP contribution in [0.2, 0.25) is 0 Å². The molecule has 0 fully saturated rings. The number of aryl methyl sites for hydroxylation is 1. The van der Waals surface area contributed by atoms with Crippen LogP contribution in [0.4, 0.5) is 0 Å². The highest BCUT2D eigenvalue weighted by Crippen LogP contribution is 2.21. The third-order valence-electron chi connectivity index (χ3n) is 4.45.